The number of imide groups is 2. The zero-order valence-electron chi connectivity index (χ0n) is 26.8. The van der Waals surface area contributed by atoms with Gasteiger partial charge in [-0.15, -0.1) is 0 Å². The Morgan fingerprint density at radius 1 is 0.959 bits per heavy atom. The Bertz CT molecular complexity index is 1940. The number of likely N-dealkylation sites (tertiary alicyclic amines) is 2. The van der Waals surface area contributed by atoms with Crippen molar-refractivity contribution in [3.63, 3.8) is 0 Å². The molecule has 15 heteroatoms. The highest BCUT2D eigenvalue weighted by Crippen LogP contribution is 2.32. The summed E-state index contributed by atoms with van der Waals surface area (Å²) in [5.41, 5.74) is 2.48. The largest absolute Gasteiger partial charge is 0.487 e. The first-order valence-electron chi connectivity index (χ1n) is 16.0. The van der Waals surface area contributed by atoms with E-state index in [1.54, 1.807) is 24.2 Å². The van der Waals surface area contributed by atoms with E-state index in [-0.39, 0.29) is 53.5 Å². The molecule has 0 spiro atoms. The SMILES string of the molecule is CN1C[C@H](Nc2cnn(C)c(=O)c2Br)C[C@H](c2ccc(C(=O)N3CC(Oc4ccc5c(c4)C(=O)N(C4CCC(=O)NC4=O)C5=O)C3)cc2)C1. The fourth-order valence-corrected chi connectivity index (χ4v) is 7.45. The second-order valence-electron chi connectivity index (χ2n) is 13.0. The number of halogens is 1. The van der Waals surface area contributed by atoms with Crippen LogP contribution in [0.4, 0.5) is 5.69 Å². The van der Waals surface area contributed by atoms with Crippen LogP contribution in [0.1, 0.15) is 61.8 Å². The van der Waals surface area contributed by atoms with E-state index in [2.05, 4.69) is 43.6 Å². The fourth-order valence-electron chi connectivity index (χ4n) is 6.97. The van der Waals surface area contributed by atoms with Gasteiger partial charge in [-0.2, -0.15) is 5.10 Å². The molecule has 14 nitrogen and oxygen atoms in total. The minimum atomic E-state index is -1.04. The Labute approximate surface area is 289 Å². The van der Waals surface area contributed by atoms with E-state index >= 15 is 0 Å². The summed E-state index contributed by atoms with van der Waals surface area (Å²) >= 11 is 3.39. The summed E-state index contributed by atoms with van der Waals surface area (Å²) in [6.45, 7) is 2.40. The van der Waals surface area contributed by atoms with Crippen LogP contribution >= 0.6 is 15.9 Å². The number of ether oxygens (including phenoxy) is 1. The topological polar surface area (TPSA) is 163 Å². The highest BCUT2D eigenvalue weighted by atomic mass is 79.9. The molecule has 0 aliphatic carbocycles. The molecule has 0 radical (unpaired) electrons. The second-order valence-corrected chi connectivity index (χ2v) is 13.8. The van der Waals surface area contributed by atoms with E-state index in [0.717, 1.165) is 30.0 Å². The van der Waals surface area contributed by atoms with Gasteiger partial charge in [0.2, 0.25) is 11.8 Å². The van der Waals surface area contributed by atoms with Crippen molar-refractivity contribution in [2.24, 2.45) is 7.05 Å². The molecule has 49 heavy (non-hydrogen) atoms. The molecule has 4 aliphatic heterocycles. The summed E-state index contributed by atoms with van der Waals surface area (Å²) in [6.07, 6.45) is 2.34. The van der Waals surface area contributed by atoms with Crippen LogP contribution in [0.15, 0.2) is 57.9 Å². The van der Waals surface area contributed by atoms with E-state index in [4.69, 9.17) is 4.74 Å². The van der Waals surface area contributed by atoms with Crippen LogP contribution in [0, 0.1) is 0 Å². The second kappa shape index (κ2) is 12.9. The number of hydrogen-bond donors (Lipinski definition) is 2. The van der Waals surface area contributed by atoms with Crippen LogP contribution in [0.5, 0.6) is 5.75 Å². The third kappa shape index (κ3) is 6.23. The van der Waals surface area contributed by atoms with Crippen molar-refractivity contribution >= 4 is 51.2 Å². The lowest BCUT2D eigenvalue weighted by molar-refractivity contribution is -0.136. The molecule has 254 valence electrons. The normalized spacial score (nSPS) is 22.9. The van der Waals surface area contributed by atoms with Gasteiger partial charge < -0.3 is 19.9 Å². The first-order chi connectivity index (χ1) is 23.5. The van der Waals surface area contributed by atoms with Gasteiger partial charge in [0.15, 0.2) is 0 Å². The van der Waals surface area contributed by atoms with Gasteiger partial charge in [-0.3, -0.25) is 39.0 Å². The zero-order chi connectivity index (χ0) is 34.6. The molecule has 3 aromatic rings. The minimum Gasteiger partial charge on any atom is -0.487 e. The number of aromatic nitrogens is 2. The van der Waals surface area contributed by atoms with Crippen molar-refractivity contribution < 1.29 is 28.7 Å². The first-order valence-corrected chi connectivity index (χ1v) is 16.8. The Morgan fingerprint density at radius 2 is 1.69 bits per heavy atom. The third-order valence-corrected chi connectivity index (χ3v) is 10.3. The number of nitrogens with zero attached hydrogens (tertiary/aromatic N) is 5. The maximum absolute atomic E-state index is 13.2. The van der Waals surface area contributed by atoms with Crippen molar-refractivity contribution in [3.8, 4) is 5.75 Å². The molecule has 4 aliphatic rings. The van der Waals surface area contributed by atoms with Crippen molar-refractivity contribution in [2.45, 2.75) is 43.4 Å². The van der Waals surface area contributed by atoms with Gasteiger partial charge in [0.25, 0.3) is 23.3 Å². The molecule has 2 N–H and O–H groups in total. The van der Waals surface area contributed by atoms with Gasteiger partial charge in [0.1, 0.15) is 22.4 Å². The quantitative estimate of drug-likeness (QED) is 0.343. The van der Waals surface area contributed by atoms with Crippen LogP contribution in [0.25, 0.3) is 0 Å². The number of nitrogens with one attached hydrogen (secondary N) is 2. The number of anilines is 1. The molecule has 7 rings (SSSR count). The molecule has 1 aromatic heterocycles. The summed E-state index contributed by atoms with van der Waals surface area (Å²) in [5, 5.41) is 9.78. The van der Waals surface area contributed by atoms with E-state index in [1.165, 1.54) is 16.8 Å². The van der Waals surface area contributed by atoms with Crippen LogP contribution in [0.2, 0.25) is 0 Å². The number of piperidine rings is 2. The number of aryl methyl sites for hydroxylation is 1. The molecule has 5 amide bonds. The van der Waals surface area contributed by atoms with Gasteiger partial charge in [-0.05, 0) is 77.6 Å². The summed E-state index contributed by atoms with van der Waals surface area (Å²) in [6, 6.07) is 11.3. The predicted molar refractivity (Wildman–Crippen MR) is 179 cm³/mol. The van der Waals surface area contributed by atoms with Gasteiger partial charge >= 0.3 is 0 Å². The van der Waals surface area contributed by atoms with Gasteiger partial charge in [-0.25, -0.2) is 4.68 Å². The monoisotopic (exact) mass is 731 g/mol. The van der Waals surface area contributed by atoms with Crippen LogP contribution in [-0.2, 0) is 16.6 Å². The fraction of sp³-hybridized carbons (Fsp3) is 0.382. The molecule has 5 heterocycles. The first kappa shape index (κ1) is 32.6. The van der Waals surface area contributed by atoms with Crippen molar-refractivity contribution in [1.29, 1.82) is 0 Å². The minimum absolute atomic E-state index is 0.0479. The van der Waals surface area contributed by atoms with Crippen molar-refractivity contribution in [3.05, 3.63) is 85.7 Å². The summed E-state index contributed by atoms with van der Waals surface area (Å²) < 4.78 is 7.77. The van der Waals surface area contributed by atoms with Crippen molar-refractivity contribution in [2.75, 3.05) is 38.5 Å². The Morgan fingerprint density at radius 3 is 2.43 bits per heavy atom. The highest BCUT2D eigenvalue weighted by Gasteiger charge is 2.45. The van der Waals surface area contributed by atoms with Gasteiger partial charge in [0.05, 0.1) is 36.1 Å². The summed E-state index contributed by atoms with van der Waals surface area (Å²) in [4.78, 5) is 80.3. The van der Waals surface area contributed by atoms with Gasteiger partial charge in [0, 0.05) is 38.2 Å². The molecule has 2 aromatic carbocycles. The van der Waals surface area contributed by atoms with Crippen LogP contribution < -0.4 is 20.9 Å². The van der Waals surface area contributed by atoms with Crippen LogP contribution in [-0.4, -0.2) is 105 Å². The smallest absolute Gasteiger partial charge is 0.282 e. The molecular formula is C34H34BrN7O7. The van der Waals surface area contributed by atoms with E-state index in [0.29, 0.717) is 34.6 Å². The number of likely N-dealkylation sites (N-methyl/N-ethyl adjacent to an activating group) is 1. The van der Waals surface area contributed by atoms with Crippen LogP contribution in [0.3, 0.4) is 0 Å². The Balaban J connectivity index is 0.936. The molecule has 0 bridgehead atoms. The number of carbonyl (C=O) groups is 5. The average Bonchev–Trinajstić information content (AvgIpc) is 3.30. The van der Waals surface area contributed by atoms with Gasteiger partial charge in [-0.1, -0.05) is 12.1 Å². The summed E-state index contributed by atoms with van der Waals surface area (Å²) in [5.74, 6) is -1.77. The summed E-state index contributed by atoms with van der Waals surface area (Å²) in [7, 11) is 3.67. The van der Waals surface area contributed by atoms with E-state index < -0.39 is 29.7 Å². The molecule has 3 atom stereocenters. The Kier molecular flexibility index (Phi) is 8.57. The number of hydrogen-bond acceptors (Lipinski definition) is 10. The maximum atomic E-state index is 13.2. The molecular weight excluding hydrogens is 698 g/mol. The molecule has 1 unspecified atom stereocenters. The zero-order valence-corrected chi connectivity index (χ0v) is 28.4. The number of rotatable bonds is 7. The third-order valence-electron chi connectivity index (χ3n) is 9.55. The number of benzene rings is 2. The van der Waals surface area contributed by atoms with E-state index in [1.807, 2.05) is 24.3 Å². The number of fused-ring (bicyclic) bond motifs is 1. The highest BCUT2D eigenvalue weighted by molar-refractivity contribution is 9.10. The lowest BCUT2D eigenvalue weighted by Crippen LogP contribution is -2.56. The van der Waals surface area contributed by atoms with Crippen molar-refractivity contribution in [1.82, 2.24) is 29.8 Å². The Hall–Kier alpha value is -4.89. The molecule has 0 saturated carbocycles. The maximum Gasteiger partial charge on any atom is 0.282 e. The molecule has 3 saturated heterocycles. The predicted octanol–water partition coefficient (Wildman–Crippen LogP) is 1.75. The number of amides is 5. The molecule has 3 fully saturated rings. The lowest BCUT2D eigenvalue weighted by atomic mass is 9.87. The standard InChI is InChI=1S/C34H34BrN7O7/c1-39-14-20(11-21(15-39)37-26-13-36-40(2)34(48)29(26)35)18-3-5-19(6-4-18)31(45)41-16-23(17-41)49-22-7-8-24-25(12-22)33(47)42(32(24)46)27-9-10-28(43)38-30(27)44/h3-8,12-13,20-21,23,27,37H,9-11,14-17H2,1-2H3,(H,38,43,44)/t20-,21+,27?/m0/s1. The average molecular weight is 733 g/mol. The lowest BCUT2D eigenvalue weighted by Gasteiger charge is -2.39. The van der Waals surface area contributed by atoms with E-state index in [9.17, 15) is 28.8 Å². The number of carbonyl (C=O) groups excluding carboxylic acids is 5.